The first-order valence-electron chi connectivity index (χ1n) is 9.06. The molecular formula is C19H24N2O4S2. The van der Waals surface area contributed by atoms with Crippen LogP contribution >= 0.6 is 11.8 Å². The third-order valence-corrected chi connectivity index (χ3v) is 7.22. The second kappa shape index (κ2) is 9.43. The maximum Gasteiger partial charge on any atom is 0.241 e. The maximum absolute atomic E-state index is 12.4. The second-order valence-corrected chi connectivity index (χ2v) is 9.61. The van der Waals surface area contributed by atoms with E-state index in [0.29, 0.717) is 22.5 Å². The Labute approximate surface area is 164 Å². The van der Waals surface area contributed by atoms with Crippen LogP contribution in [-0.2, 0) is 21.4 Å². The van der Waals surface area contributed by atoms with E-state index in [9.17, 15) is 13.2 Å². The Morgan fingerprint density at radius 1 is 1.15 bits per heavy atom. The van der Waals surface area contributed by atoms with Crippen molar-refractivity contribution in [3.8, 4) is 0 Å². The van der Waals surface area contributed by atoms with Gasteiger partial charge in [0.15, 0.2) is 0 Å². The molecule has 0 aliphatic heterocycles. The number of nitrogens with one attached hydrogen (secondary N) is 2. The Bertz CT molecular complexity index is 844. The van der Waals surface area contributed by atoms with Gasteiger partial charge in [-0.1, -0.05) is 25.3 Å². The fourth-order valence-electron chi connectivity index (χ4n) is 3.03. The second-order valence-electron chi connectivity index (χ2n) is 6.55. The minimum atomic E-state index is -3.69. The molecule has 146 valence electrons. The van der Waals surface area contributed by atoms with Crippen LogP contribution in [0.25, 0.3) is 0 Å². The molecule has 0 bridgehead atoms. The van der Waals surface area contributed by atoms with Crippen LogP contribution in [0.15, 0.2) is 52.0 Å². The standard InChI is InChI=1S/C19H24N2O4S2/c22-19(14-26-17-8-2-1-3-9-17)21-15-6-4-10-18(12-15)27(23,24)20-13-16-7-5-11-25-16/h4-7,10-12,17,20H,1-3,8-9,13-14H2,(H,21,22). The van der Waals surface area contributed by atoms with Crippen LogP contribution in [0.2, 0.25) is 0 Å². The molecule has 0 saturated heterocycles. The first-order chi connectivity index (χ1) is 13.0. The molecule has 1 aliphatic rings. The minimum absolute atomic E-state index is 0.0734. The van der Waals surface area contributed by atoms with Gasteiger partial charge in [0.2, 0.25) is 15.9 Å². The zero-order valence-corrected chi connectivity index (χ0v) is 16.7. The number of carbonyl (C=O) groups is 1. The lowest BCUT2D eigenvalue weighted by molar-refractivity contribution is -0.113. The number of carbonyl (C=O) groups excluding carboxylic acids is 1. The number of anilines is 1. The van der Waals surface area contributed by atoms with Crippen LogP contribution in [0, 0.1) is 0 Å². The lowest BCUT2D eigenvalue weighted by atomic mass is 10.0. The van der Waals surface area contributed by atoms with Gasteiger partial charge in [0.25, 0.3) is 0 Å². The summed E-state index contributed by atoms with van der Waals surface area (Å²) in [5.74, 6) is 0.810. The largest absolute Gasteiger partial charge is 0.468 e. The summed E-state index contributed by atoms with van der Waals surface area (Å²) in [5, 5.41) is 3.35. The number of hydrogen-bond donors (Lipinski definition) is 2. The van der Waals surface area contributed by atoms with E-state index in [4.69, 9.17) is 4.42 Å². The highest BCUT2D eigenvalue weighted by molar-refractivity contribution is 8.00. The molecule has 3 rings (SSSR count). The van der Waals surface area contributed by atoms with Gasteiger partial charge >= 0.3 is 0 Å². The molecule has 0 radical (unpaired) electrons. The van der Waals surface area contributed by atoms with Gasteiger partial charge in [0.05, 0.1) is 23.5 Å². The van der Waals surface area contributed by atoms with Crippen molar-refractivity contribution in [2.75, 3.05) is 11.1 Å². The smallest absolute Gasteiger partial charge is 0.241 e. The highest BCUT2D eigenvalue weighted by Gasteiger charge is 2.17. The summed E-state index contributed by atoms with van der Waals surface area (Å²) in [6.07, 6.45) is 7.61. The Kier molecular flexibility index (Phi) is 6.98. The van der Waals surface area contributed by atoms with Crippen molar-refractivity contribution < 1.29 is 17.6 Å². The van der Waals surface area contributed by atoms with Gasteiger partial charge in [-0.05, 0) is 43.2 Å². The minimum Gasteiger partial charge on any atom is -0.468 e. The van der Waals surface area contributed by atoms with Crippen molar-refractivity contribution in [2.45, 2.75) is 48.8 Å². The molecule has 6 nitrogen and oxygen atoms in total. The Morgan fingerprint density at radius 2 is 1.96 bits per heavy atom. The topological polar surface area (TPSA) is 88.4 Å². The summed E-state index contributed by atoms with van der Waals surface area (Å²) in [6.45, 7) is 0.0734. The predicted octanol–water partition coefficient (Wildman–Crippen LogP) is 3.76. The number of benzene rings is 1. The number of sulfonamides is 1. The summed E-state index contributed by atoms with van der Waals surface area (Å²) in [7, 11) is -3.69. The number of hydrogen-bond acceptors (Lipinski definition) is 5. The third-order valence-electron chi connectivity index (χ3n) is 4.45. The normalized spacial score (nSPS) is 15.6. The molecule has 1 heterocycles. The highest BCUT2D eigenvalue weighted by Crippen LogP contribution is 2.28. The number of furan rings is 1. The lowest BCUT2D eigenvalue weighted by Gasteiger charge is -2.20. The molecule has 2 N–H and O–H groups in total. The van der Waals surface area contributed by atoms with Gasteiger partial charge in [0, 0.05) is 10.9 Å². The molecule has 1 saturated carbocycles. The number of amides is 1. The Balaban J connectivity index is 1.55. The van der Waals surface area contributed by atoms with Crippen LogP contribution in [-0.4, -0.2) is 25.3 Å². The maximum atomic E-state index is 12.4. The van der Waals surface area contributed by atoms with Crippen LogP contribution in [0.1, 0.15) is 37.9 Å². The molecule has 0 unspecified atom stereocenters. The fraction of sp³-hybridized carbons (Fsp3) is 0.421. The van der Waals surface area contributed by atoms with Gasteiger partial charge in [0.1, 0.15) is 5.76 Å². The number of rotatable bonds is 8. The van der Waals surface area contributed by atoms with Crippen LogP contribution in [0.5, 0.6) is 0 Å². The van der Waals surface area contributed by atoms with Gasteiger partial charge in [-0.15, -0.1) is 11.8 Å². The zero-order chi connectivity index (χ0) is 19.1. The predicted molar refractivity (Wildman–Crippen MR) is 107 cm³/mol. The van der Waals surface area contributed by atoms with E-state index in [1.807, 2.05) is 0 Å². The van der Waals surface area contributed by atoms with Gasteiger partial charge in [-0.3, -0.25) is 4.79 Å². The average molecular weight is 409 g/mol. The Morgan fingerprint density at radius 3 is 2.70 bits per heavy atom. The molecular weight excluding hydrogens is 384 g/mol. The van der Waals surface area contributed by atoms with Crippen LogP contribution < -0.4 is 10.0 Å². The van der Waals surface area contributed by atoms with E-state index in [1.54, 1.807) is 36.0 Å². The zero-order valence-electron chi connectivity index (χ0n) is 15.0. The third kappa shape index (κ3) is 6.12. The monoisotopic (exact) mass is 408 g/mol. The van der Waals surface area contributed by atoms with Crippen molar-refractivity contribution in [3.63, 3.8) is 0 Å². The van der Waals surface area contributed by atoms with E-state index in [1.165, 1.54) is 50.5 Å². The van der Waals surface area contributed by atoms with E-state index in [0.717, 1.165) is 0 Å². The summed E-state index contributed by atoms with van der Waals surface area (Å²) >= 11 is 1.69. The van der Waals surface area contributed by atoms with E-state index < -0.39 is 10.0 Å². The van der Waals surface area contributed by atoms with Gasteiger partial charge in [-0.2, -0.15) is 0 Å². The summed E-state index contributed by atoms with van der Waals surface area (Å²) in [5.41, 5.74) is 0.477. The average Bonchev–Trinajstić information content (AvgIpc) is 3.20. The molecule has 1 aromatic carbocycles. The van der Waals surface area contributed by atoms with Crippen molar-refractivity contribution >= 4 is 33.4 Å². The molecule has 2 aromatic rings. The summed E-state index contributed by atoms with van der Waals surface area (Å²) in [4.78, 5) is 12.3. The van der Waals surface area contributed by atoms with Crippen LogP contribution in [0.3, 0.4) is 0 Å². The van der Waals surface area contributed by atoms with Gasteiger partial charge in [-0.25, -0.2) is 13.1 Å². The van der Waals surface area contributed by atoms with E-state index in [2.05, 4.69) is 10.0 Å². The molecule has 1 fully saturated rings. The molecule has 8 heteroatoms. The SMILES string of the molecule is O=C(CSC1CCCCC1)Nc1cccc(S(=O)(=O)NCc2ccco2)c1. The Hall–Kier alpha value is -1.77. The fourth-order valence-corrected chi connectivity index (χ4v) is 5.19. The molecule has 1 aliphatic carbocycles. The highest BCUT2D eigenvalue weighted by atomic mass is 32.2. The van der Waals surface area contributed by atoms with Crippen molar-refractivity contribution in [1.82, 2.24) is 4.72 Å². The first-order valence-corrected chi connectivity index (χ1v) is 11.6. The molecule has 0 atom stereocenters. The quantitative estimate of drug-likeness (QED) is 0.694. The first kappa shape index (κ1) is 20.0. The number of thioether (sulfide) groups is 1. The molecule has 27 heavy (non-hydrogen) atoms. The van der Waals surface area contributed by atoms with Crippen molar-refractivity contribution in [3.05, 3.63) is 48.4 Å². The molecule has 1 aromatic heterocycles. The molecule has 0 spiro atoms. The van der Waals surface area contributed by atoms with Crippen molar-refractivity contribution in [2.24, 2.45) is 0 Å². The lowest BCUT2D eigenvalue weighted by Crippen LogP contribution is -2.23. The molecule has 1 amide bonds. The van der Waals surface area contributed by atoms with Crippen molar-refractivity contribution in [1.29, 1.82) is 0 Å². The summed E-state index contributed by atoms with van der Waals surface area (Å²) < 4.78 is 32.5. The van der Waals surface area contributed by atoms with Gasteiger partial charge < -0.3 is 9.73 Å². The van der Waals surface area contributed by atoms with Crippen LogP contribution in [0.4, 0.5) is 5.69 Å². The summed E-state index contributed by atoms with van der Waals surface area (Å²) in [6, 6.07) is 9.67. The van der Waals surface area contributed by atoms with E-state index in [-0.39, 0.29) is 17.3 Å². The van der Waals surface area contributed by atoms with E-state index >= 15 is 0 Å².